The molecule has 0 aliphatic heterocycles. The summed E-state index contributed by atoms with van der Waals surface area (Å²) in [5.41, 5.74) is 2.04. The third-order valence-electron chi connectivity index (χ3n) is 3.35. The second-order valence-electron chi connectivity index (χ2n) is 6.29. The molecule has 1 aromatic heterocycles. The number of carbonyl (C=O) groups is 1. The van der Waals surface area contributed by atoms with E-state index >= 15 is 0 Å². The molecule has 20 heavy (non-hydrogen) atoms. The van der Waals surface area contributed by atoms with Crippen LogP contribution in [0.4, 0.5) is 0 Å². The summed E-state index contributed by atoms with van der Waals surface area (Å²) in [7, 11) is 0. The zero-order chi connectivity index (χ0) is 15.3. The van der Waals surface area contributed by atoms with E-state index in [4.69, 9.17) is 0 Å². The van der Waals surface area contributed by atoms with Crippen LogP contribution in [0.2, 0.25) is 0 Å². The van der Waals surface area contributed by atoms with Crippen LogP contribution >= 0.6 is 0 Å². The largest absolute Gasteiger partial charge is 0.352 e. The minimum Gasteiger partial charge on any atom is -0.352 e. The molecule has 0 saturated carbocycles. The number of aromatic amines is 1. The summed E-state index contributed by atoms with van der Waals surface area (Å²) in [4.78, 5) is 26.9. The Balaban J connectivity index is 2.86. The number of rotatable bonds is 5. The molecule has 0 bridgehead atoms. The quantitative estimate of drug-likeness (QED) is 0.870. The molecule has 1 amide bonds. The number of H-pyrrole nitrogens is 1. The minimum atomic E-state index is -0.299. The monoisotopic (exact) mass is 278 g/mol. The summed E-state index contributed by atoms with van der Waals surface area (Å²) >= 11 is 0. The van der Waals surface area contributed by atoms with E-state index in [1.807, 2.05) is 13.8 Å². The molecule has 1 aromatic rings. The number of nitrogens with one attached hydrogen (secondary N) is 2. The lowest BCUT2D eigenvalue weighted by atomic mass is 9.92. The van der Waals surface area contributed by atoms with Crippen molar-refractivity contribution >= 4 is 5.91 Å². The van der Waals surface area contributed by atoms with Crippen molar-refractivity contribution in [3.63, 3.8) is 0 Å². The molecule has 0 aliphatic carbocycles. The fourth-order valence-electron chi connectivity index (χ4n) is 2.06. The van der Waals surface area contributed by atoms with Crippen molar-refractivity contribution in [2.75, 3.05) is 6.54 Å². The number of pyridine rings is 1. The van der Waals surface area contributed by atoms with E-state index in [0.717, 1.165) is 30.5 Å². The average Bonchev–Trinajstić information content (AvgIpc) is 2.36. The molecule has 112 valence electrons. The van der Waals surface area contributed by atoms with Gasteiger partial charge < -0.3 is 10.3 Å². The molecule has 2 N–H and O–H groups in total. The lowest BCUT2D eigenvalue weighted by Gasteiger charge is -2.18. The van der Waals surface area contributed by atoms with E-state index in [0.29, 0.717) is 6.54 Å². The Morgan fingerprint density at radius 3 is 2.40 bits per heavy atom. The van der Waals surface area contributed by atoms with Gasteiger partial charge in [-0.15, -0.1) is 0 Å². The average molecular weight is 278 g/mol. The first-order valence-corrected chi connectivity index (χ1v) is 7.31. The topological polar surface area (TPSA) is 62.0 Å². The fourth-order valence-corrected chi connectivity index (χ4v) is 2.06. The van der Waals surface area contributed by atoms with Gasteiger partial charge in [0.1, 0.15) is 5.56 Å². The van der Waals surface area contributed by atoms with Gasteiger partial charge in [0, 0.05) is 12.2 Å². The molecule has 0 saturated heterocycles. The number of hydrogen-bond donors (Lipinski definition) is 2. The van der Waals surface area contributed by atoms with Crippen LogP contribution in [0.25, 0.3) is 0 Å². The van der Waals surface area contributed by atoms with E-state index in [-0.39, 0.29) is 22.4 Å². The smallest absolute Gasteiger partial charge is 0.261 e. The summed E-state index contributed by atoms with van der Waals surface area (Å²) in [6.07, 6.45) is 2.46. The highest BCUT2D eigenvalue weighted by Gasteiger charge is 2.15. The molecule has 1 heterocycles. The fraction of sp³-hybridized carbons (Fsp3) is 0.625. The molecule has 0 aliphatic rings. The molecule has 0 unspecified atom stereocenters. The number of aromatic nitrogens is 1. The first kappa shape index (κ1) is 16.5. The van der Waals surface area contributed by atoms with Crippen molar-refractivity contribution in [3.05, 3.63) is 33.2 Å². The zero-order valence-corrected chi connectivity index (χ0v) is 13.2. The molecule has 1 rings (SSSR count). The Hall–Kier alpha value is -1.58. The Morgan fingerprint density at radius 1 is 1.25 bits per heavy atom. The van der Waals surface area contributed by atoms with Crippen molar-refractivity contribution in [1.82, 2.24) is 10.3 Å². The van der Waals surface area contributed by atoms with Gasteiger partial charge in [0.05, 0.1) is 0 Å². The Morgan fingerprint density at radius 2 is 1.90 bits per heavy atom. The Kier molecular flexibility index (Phi) is 5.54. The number of amides is 1. The van der Waals surface area contributed by atoms with Crippen molar-refractivity contribution in [1.29, 1.82) is 0 Å². The van der Waals surface area contributed by atoms with Crippen molar-refractivity contribution in [2.24, 2.45) is 5.41 Å². The van der Waals surface area contributed by atoms with E-state index in [2.05, 4.69) is 31.1 Å². The zero-order valence-electron chi connectivity index (χ0n) is 13.2. The van der Waals surface area contributed by atoms with Gasteiger partial charge in [0.15, 0.2) is 0 Å². The molecule has 0 atom stereocenters. The highest BCUT2D eigenvalue weighted by Crippen LogP contribution is 2.17. The molecular formula is C16H26N2O2. The maximum absolute atomic E-state index is 12.1. The SMILES string of the molecule is CCc1cc(C(=O)NCCC(C)(C)C)c(=O)[nH]c1CC. The predicted octanol–water partition coefficient (Wildman–Crippen LogP) is 2.67. The third kappa shape index (κ3) is 4.51. The van der Waals surface area contributed by atoms with Gasteiger partial charge in [-0.05, 0) is 36.3 Å². The van der Waals surface area contributed by atoms with Gasteiger partial charge >= 0.3 is 0 Å². The van der Waals surface area contributed by atoms with E-state index in [1.165, 1.54) is 0 Å². The van der Waals surface area contributed by atoms with Crippen LogP contribution in [-0.2, 0) is 12.8 Å². The summed E-state index contributed by atoms with van der Waals surface area (Å²) in [6.45, 7) is 11.0. The number of aryl methyl sites for hydroxylation is 2. The molecule has 0 fully saturated rings. The maximum atomic E-state index is 12.1. The summed E-state index contributed by atoms with van der Waals surface area (Å²) in [5.74, 6) is -0.284. The van der Waals surface area contributed by atoms with Crippen molar-refractivity contribution in [3.8, 4) is 0 Å². The van der Waals surface area contributed by atoms with Gasteiger partial charge in [-0.25, -0.2) is 0 Å². The molecule has 4 nitrogen and oxygen atoms in total. The van der Waals surface area contributed by atoms with Crippen molar-refractivity contribution < 1.29 is 4.79 Å². The summed E-state index contributed by atoms with van der Waals surface area (Å²) < 4.78 is 0. The molecule has 4 heteroatoms. The van der Waals surface area contributed by atoms with Gasteiger partial charge in [-0.1, -0.05) is 34.6 Å². The van der Waals surface area contributed by atoms with Crippen molar-refractivity contribution in [2.45, 2.75) is 53.9 Å². The summed E-state index contributed by atoms with van der Waals surface area (Å²) in [5, 5.41) is 2.83. The standard InChI is InChI=1S/C16H26N2O2/c1-6-11-10-12(15(20)18-13(11)7-2)14(19)17-9-8-16(3,4)5/h10H,6-9H2,1-5H3,(H,17,19)(H,18,20). The maximum Gasteiger partial charge on any atom is 0.261 e. The Labute approximate surface area is 121 Å². The molecule has 0 spiro atoms. The highest BCUT2D eigenvalue weighted by atomic mass is 16.2. The van der Waals surface area contributed by atoms with Gasteiger partial charge in [0.2, 0.25) is 0 Å². The first-order valence-electron chi connectivity index (χ1n) is 7.31. The molecule has 0 radical (unpaired) electrons. The number of carbonyl (C=O) groups excluding carboxylic acids is 1. The normalized spacial score (nSPS) is 11.4. The third-order valence-corrected chi connectivity index (χ3v) is 3.35. The lowest BCUT2D eigenvalue weighted by molar-refractivity contribution is 0.0948. The van der Waals surface area contributed by atoms with Crippen LogP contribution in [0.3, 0.4) is 0 Å². The number of hydrogen-bond acceptors (Lipinski definition) is 2. The van der Waals surface area contributed by atoms with Crippen LogP contribution in [-0.4, -0.2) is 17.4 Å². The van der Waals surface area contributed by atoms with Crippen LogP contribution in [0.15, 0.2) is 10.9 Å². The van der Waals surface area contributed by atoms with E-state index in [1.54, 1.807) is 6.07 Å². The van der Waals surface area contributed by atoms with E-state index < -0.39 is 0 Å². The second kappa shape index (κ2) is 6.73. The molecular weight excluding hydrogens is 252 g/mol. The van der Waals surface area contributed by atoms with Crippen LogP contribution in [0, 0.1) is 5.41 Å². The van der Waals surface area contributed by atoms with Crippen LogP contribution in [0.5, 0.6) is 0 Å². The van der Waals surface area contributed by atoms with Gasteiger partial charge in [0.25, 0.3) is 11.5 Å². The van der Waals surface area contributed by atoms with Gasteiger partial charge in [-0.3, -0.25) is 9.59 Å². The Bertz CT molecular complexity index is 524. The summed E-state index contributed by atoms with van der Waals surface area (Å²) in [6, 6.07) is 1.73. The lowest BCUT2D eigenvalue weighted by Crippen LogP contribution is -2.32. The van der Waals surface area contributed by atoms with Crippen LogP contribution < -0.4 is 10.9 Å². The second-order valence-corrected chi connectivity index (χ2v) is 6.29. The van der Waals surface area contributed by atoms with E-state index in [9.17, 15) is 9.59 Å². The molecule has 0 aromatic carbocycles. The van der Waals surface area contributed by atoms with Crippen LogP contribution in [0.1, 0.15) is 62.7 Å². The van der Waals surface area contributed by atoms with Gasteiger partial charge in [-0.2, -0.15) is 0 Å². The minimum absolute atomic E-state index is 0.167. The first-order chi connectivity index (χ1) is 9.28. The predicted molar refractivity (Wildman–Crippen MR) is 82.2 cm³/mol. The highest BCUT2D eigenvalue weighted by molar-refractivity contribution is 5.94.